The van der Waals surface area contributed by atoms with Gasteiger partial charge in [-0.15, -0.1) is 0 Å². The van der Waals surface area contributed by atoms with E-state index >= 15 is 0 Å². The molecule has 1 aliphatic rings. The second-order valence-electron chi connectivity index (χ2n) is 5.04. The smallest absolute Gasteiger partial charge is 0.352 e. The average Bonchev–Trinajstić information content (AvgIpc) is 2.80. The maximum absolute atomic E-state index is 12.0. The minimum Gasteiger partial charge on any atom is -0.477 e. The van der Waals surface area contributed by atoms with Crippen LogP contribution < -0.4 is 5.32 Å². The molecule has 7 heteroatoms. The van der Waals surface area contributed by atoms with Crippen molar-refractivity contribution in [1.82, 2.24) is 9.88 Å². The van der Waals surface area contributed by atoms with Gasteiger partial charge in [0, 0.05) is 18.3 Å². The Morgan fingerprint density at radius 2 is 2.10 bits per heavy atom. The van der Waals surface area contributed by atoms with E-state index < -0.39 is 23.2 Å². The lowest BCUT2D eigenvalue weighted by Gasteiger charge is -2.38. The molecule has 2 rings (SSSR count). The molecule has 1 aliphatic heterocycles. The Bertz CT molecular complexity index is 571. The van der Waals surface area contributed by atoms with Crippen LogP contribution in [0.5, 0.6) is 0 Å². The molecule has 0 aromatic carbocycles. The normalized spacial score (nSPS) is 16.3. The zero-order valence-corrected chi connectivity index (χ0v) is 11.3. The van der Waals surface area contributed by atoms with Gasteiger partial charge in [0.25, 0.3) is 11.7 Å². The summed E-state index contributed by atoms with van der Waals surface area (Å²) in [5.41, 5.74) is -0.456. The highest BCUT2D eigenvalue weighted by molar-refractivity contribution is 6.43. The molecule has 2 N–H and O–H groups in total. The largest absolute Gasteiger partial charge is 0.477 e. The second-order valence-corrected chi connectivity index (χ2v) is 5.04. The third kappa shape index (κ3) is 2.57. The molecule has 1 fully saturated rings. The van der Waals surface area contributed by atoms with Gasteiger partial charge in [0.15, 0.2) is 0 Å². The molecular weight excluding hydrogens is 264 g/mol. The van der Waals surface area contributed by atoms with Gasteiger partial charge in [0.1, 0.15) is 5.69 Å². The van der Waals surface area contributed by atoms with Crippen LogP contribution in [0.25, 0.3) is 0 Å². The lowest BCUT2D eigenvalue weighted by Crippen LogP contribution is -2.61. The van der Waals surface area contributed by atoms with Gasteiger partial charge in [-0.25, -0.2) is 4.79 Å². The number of carboxylic acid groups (broad SMARTS) is 1. The molecule has 0 unspecified atom stereocenters. The maximum Gasteiger partial charge on any atom is 0.352 e. The van der Waals surface area contributed by atoms with E-state index in [1.165, 1.54) is 16.8 Å². The van der Waals surface area contributed by atoms with Crippen molar-refractivity contribution in [3.05, 3.63) is 23.5 Å². The van der Waals surface area contributed by atoms with Crippen molar-refractivity contribution < 1.29 is 24.2 Å². The van der Waals surface area contributed by atoms with Gasteiger partial charge in [0.2, 0.25) is 0 Å². The fourth-order valence-corrected chi connectivity index (χ4v) is 2.02. The minimum absolute atomic E-state index is 0.0122. The van der Waals surface area contributed by atoms with Gasteiger partial charge in [-0.2, -0.15) is 0 Å². The van der Waals surface area contributed by atoms with Crippen LogP contribution in [0.2, 0.25) is 0 Å². The van der Waals surface area contributed by atoms with Gasteiger partial charge in [-0.3, -0.25) is 9.59 Å². The Morgan fingerprint density at radius 3 is 2.50 bits per heavy atom. The lowest BCUT2D eigenvalue weighted by atomic mass is 10.00. The summed E-state index contributed by atoms with van der Waals surface area (Å²) in [6, 6.07) is 1.22. The first-order valence-electron chi connectivity index (χ1n) is 6.24. The third-order valence-electron chi connectivity index (χ3n) is 3.18. The highest BCUT2D eigenvalue weighted by atomic mass is 16.5. The Balaban J connectivity index is 2.16. The van der Waals surface area contributed by atoms with Crippen molar-refractivity contribution in [2.45, 2.75) is 25.9 Å². The third-order valence-corrected chi connectivity index (χ3v) is 3.18. The number of rotatable bonds is 5. The van der Waals surface area contributed by atoms with E-state index in [2.05, 4.69) is 5.32 Å². The predicted octanol–water partition coefficient (Wildman–Crippen LogP) is 0.294. The van der Waals surface area contributed by atoms with Crippen LogP contribution in [0, 0.1) is 0 Å². The van der Waals surface area contributed by atoms with E-state index in [1.807, 2.05) is 0 Å². The monoisotopic (exact) mass is 280 g/mol. The number of ketones is 1. The first kappa shape index (κ1) is 14.3. The number of aromatic carboxylic acids is 1. The molecule has 0 saturated carbocycles. The van der Waals surface area contributed by atoms with E-state index in [9.17, 15) is 14.4 Å². The maximum atomic E-state index is 12.0. The number of carbonyl (C=O) groups excluding carboxylic acids is 2. The van der Waals surface area contributed by atoms with Gasteiger partial charge < -0.3 is 19.7 Å². The van der Waals surface area contributed by atoms with Crippen LogP contribution in [0.3, 0.4) is 0 Å². The number of hydrogen-bond acceptors (Lipinski definition) is 4. The molecule has 0 radical (unpaired) electrons. The summed E-state index contributed by atoms with van der Waals surface area (Å²) < 4.78 is 6.40. The molecular formula is C13H16N2O5. The number of carbonyl (C=O) groups is 3. The van der Waals surface area contributed by atoms with E-state index in [-0.39, 0.29) is 11.3 Å². The van der Waals surface area contributed by atoms with Crippen LogP contribution in [0.1, 0.15) is 34.7 Å². The van der Waals surface area contributed by atoms with E-state index in [1.54, 1.807) is 13.8 Å². The summed E-state index contributed by atoms with van der Waals surface area (Å²) in [6.45, 7) is 4.67. The molecule has 1 aromatic rings. The SMILES string of the molecule is CCn1cc(C(=O)C(=O)NC2(C)COC2)cc1C(=O)O. The number of amides is 1. The van der Waals surface area contributed by atoms with Gasteiger partial charge in [0.05, 0.1) is 18.8 Å². The van der Waals surface area contributed by atoms with Crippen molar-refractivity contribution in [1.29, 1.82) is 0 Å². The van der Waals surface area contributed by atoms with Crippen LogP contribution >= 0.6 is 0 Å². The van der Waals surface area contributed by atoms with Crippen molar-refractivity contribution in [2.24, 2.45) is 0 Å². The number of Topliss-reactive ketones (excluding diaryl/α,β-unsaturated/α-hetero) is 1. The van der Waals surface area contributed by atoms with Crippen molar-refractivity contribution in [3.63, 3.8) is 0 Å². The van der Waals surface area contributed by atoms with E-state index in [0.29, 0.717) is 19.8 Å². The standard InChI is InChI=1S/C13H16N2O5/c1-3-15-5-8(4-9(15)12(18)19)10(16)11(17)14-13(2)6-20-7-13/h4-5H,3,6-7H2,1-2H3,(H,14,17)(H,18,19). The average molecular weight is 280 g/mol. The molecule has 1 aromatic heterocycles. The molecule has 1 saturated heterocycles. The Hall–Kier alpha value is -2.15. The van der Waals surface area contributed by atoms with Crippen LogP contribution in [-0.4, -0.2) is 46.1 Å². The van der Waals surface area contributed by atoms with E-state index in [0.717, 1.165) is 0 Å². The zero-order chi connectivity index (χ0) is 14.9. The number of ether oxygens (including phenoxy) is 1. The molecule has 0 aliphatic carbocycles. The molecule has 20 heavy (non-hydrogen) atoms. The summed E-state index contributed by atoms with van der Waals surface area (Å²) in [4.78, 5) is 34.9. The molecule has 7 nitrogen and oxygen atoms in total. The van der Waals surface area contributed by atoms with Gasteiger partial charge in [-0.1, -0.05) is 0 Å². The lowest BCUT2D eigenvalue weighted by molar-refractivity contribution is -0.126. The number of nitrogens with zero attached hydrogens (tertiary/aromatic N) is 1. The van der Waals surface area contributed by atoms with Crippen LogP contribution in [0.4, 0.5) is 0 Å². The van der Waals surface area contributed by atoms with Gasteiger partial charge in [-0.05, 0) is 19.9 Å². The number of aryl methyl sites for hydroxylation is 1. The number of hydrogen-bond donors (Lipinski definition) is 2. The van der Waals surface area contributed by atoms with Gasteiger partial charge >= 0.3 is 5.97 Å². The molecule has 1 amide bonds. The first-order chi connectivity index (χ1) is 9.36. The number of carboxylic acids is 1. The summed E-state index contributed by atoms with van der Waals surface area (Å²) in [6.07, 6.45) is 1.38. The zero-order valence-electron chi connectivity index (χ0n) is 11.3. The van der Waals surface area contributed by atoms with Crippen molar-refractivity contribution in [3.8, 4) is 0 Å². The topological polar surface area (TPSA) is 97.6 Å². The molecule has 0 bridgehead atoms. The summed E-state index contributed by atoms with van der Waals surface area (Å²) in [5.74, 6) is -2.63. The molecule has 108 valence electrons. The highest BCUT2D eigenvalue weighted by Crippen LogP contribution is 2.16. The Labute approximate surface area is 115 Å². The van der Waals surface area contributed by atoms with Crippen molar-refractivity contribution in [2.75, 3.05) is 13.2 Å². The molecule has 0 atom stereocenters. The van der Waals surface area contributed by atoms with Crippen molar-refractivity contribution >= 4 is 17.7 Å². The van der Waals surface area contributed by atoms with E-state index in [4.69, 9.17) is 9.84 Å². The number of nitrogens with one attached hydrogen (secondary N) is 1. The summed E-state index contributed by atoms with van der Waals surface area (Å²) in [7, 11) is 0. The summed E-state index contributed by atoms with van der Waals surface area (Å²) >= 11 is 0. The summed E-state index contributed by atoms with van der Waals surface area (Å²) in [5, 5.41) is 11.6. The Kier molecular flexibility index (Phi) is 3.63. The quantitative estimate of drug-likeness (QED) is 0.597. The predicted molar refractivity (Wildman–Crippen MR) is 68.8 cm³/mol. The minimum atomic E-state index is -1.13. The highest BCUT2D eigenvalue weighted by Gasteiger charge is 2.36. The number of aromatic nitrogens is 1. The Morgan fingerprint density at radius 1 is 1.45 bits per heavy atom. The molecule has 2 heterocycles. The fourth-order valence-electron chi connectivity index (χ4n) is 2.02. The van der Waals surface area contributed by atoms with Crippen LogP contribution in [0.15, 0.2) is 12.3 Å². The molecule has 0 spiro atoms. The van der Waals surface area contributed by atoms with Crippen LogP contribution in [-0.2, 0) is 16.1 Å². The second kappa shape index (κ2) is 5.09. The first-order valence-corrected chi connectivity index (χ1v) is 6.24. The fraction of sp³-hybridized carbons (Fsp3) is 0.462.